The Hall–Kier alpha value is 0.700. The first-order valence-corrected chi connectivity index (χ1v) is 2.39. The second-order valence-electron chi connectivity index (χ2n) is 1.47. The molecule has 0 bridgehead atoms. The van der Waals surface area contributed by atoms with E-state index in [9.17, 15) is 0 Å². The Balaban J connectivity index is 0. The van der Waals surface area contributed by atoms with Gasteiger partial charge in [-0.3, -0.25) is 0 Å². The number of rotatable bonds is 3. The van der Waals surface area contributed by atoms with E-state index in [1.54, 1.807) is 6.08 Å². The van der Waals surface area contributed by atoms with Gasteiger partial charge in [0.05, 0.1) is 0 Å². The molecule has 0 aliphatic carbocycles. The minimum atomic E-state index is -0.280. The summed E-state index contributed by atoms with van der Waals surface area (Å²) in [6.07, 6.45) is 2.64. The predicted octanol–water partition coefficient (Wildman–Crippen LogP) is -1.85. The molecule has 8 heavy (non-hydrogen) atoms. The van der Waals surface area contributed by atoms with Crippen molar-refractivity contribution in [3.8, 4) is 0 Å². The van der Waals surface area contributed by atoms with Crippen LogP contribution in [0.4, 0.5) is 0 Å². The van der Waals surface area contributed by atoms with Gasteiger partial charge in [0.25, 0.3) is 0 Å². The van der Waals surface area contributed by atoms with Gasteiger partial charge in [-0.2, -0.15) is 6.42 Å². The van der Waals surface area contributed by atoms with Crippen molar-refractivity contribution in [1.82, 2.24) is 0 Å². The van der Waals surface area contributed by atoms with Gasteiger partial charge in [0.15, 0.2) is 0 Å². The van der Waals surface area contributed by atoms with E-state index in [1.807, 2.05) is 0 Å². The monoisotopic (exact) mass is 122 g/mol. The predicted molar refractivity (Wildman–Crippen MR) is 30.8 cm³/mol. The molecule has 0 aromatic heterocycles. The Morgan fingerprint density at radius 3 is 2.38 bits per heavy atom. The summed E-state index contributed by atoms with van der Waals surface area (Å²) in [5, 5.41) is 8.72. The fraction of sp³-hybridized carbons (Fsp3) is 0.500. The van der Waals surface area contributed by atoms with Crippen LogP contribution in [0.25, 0.3) is 0 Å². The van der Waals surface area contributed by atoms with E-state index < -0.39 is 0 Å². The van der Waals surface area contributed by atoms with Gasteiger partial charge in [-0.05, 0) is 6.42 Å². The SMILES string of the molecule is C=CCC(O)C[CH2-].[Na+]. The summed E-state index contributed by atoms with van der Waals surface area (Å²) < 4.78 is 0. The molecule has 0 saturated heterocycles. The Morgan fingerprint density at radius 2 is 2.25 bits per heavy atom. The van der Waals surface area contributed by atoms with Crippen LogP contribution in [-0.4, -0.2) is 11.2 Å². The van der Waals surface area contributed by atoms with Crippen molar-refractivity contribution in [1.29, 1.82) is 0 Å². The molecule has 0 rings (SSSR count). The Kier molecular flexibility index (Phi) is 11.1. The van der Waals surface area contributed by atoms with E-state index in [0.29, 0.717) is 12.8 Å². The maximum Gasteiger partial charge on any atom is 1.00 e. The molecule has 2 heteroatoms. The van der Waals surface area contributed by atoms with Gasteiger partial charge in [-0.25, -0.2) is 0 Å². The van der Waals surface area contributed by atoms with E-state index in [1.165, 1.54) is 0 Å². The zero-order valence-corrected chi connectivity index (χ0v) is 7.43. The van der Waals surface area contributed by atoms with Crippen molar-refractivity contribution < 1.29 is 34.7 Å². The molecule has 1 atom stereocenters. The molecule has 0 spiro atoms. The fourth-order valence-electron chi connectivity index (χ4n) is 0.310. The van der Waals surface area contributed by atoms with Crippen LogP contribution in [0.3, 0.4) is 0 Å². The van der Waals surface area contributed by atoms with Crippen LogP contribution in [0.1, 0.15) is 12.8 Å². The first-order valence-electron chi connectivity index (χ1n) is 2.39. The molecule has 0 aliphatic heterocycles. The molecular weight excluding hydrogens is 111 g/mol. The molecule has 0 aromatic carbocycles. The number of aliphatic hydroxyl groups is 1. The molecule has 1 unspecified atom stereocenters. The summed E-state index contributed by atoms with van der Waals surface area (Å²) in [5.41, 5.74) is 0. The van der Waals surface area contributed by atoms with E-state index in [4.69, 9.17) is 5.11 Å². The van der Waals surface area contributed by atoms with Crippen LogP contribution in [0, 0.1) is 6.92 Å². The van der Waals surface area contributed by atoms with Crippen LogP contribution in [0.2, 0.25) is 0 Å². The Morgan fingerprint density at radius 1 is 1.75 bits per heavy atom. The molecule has 0 saturated carbocycles. The zero-order valence-electron chi connectivity index (χ0n) is 5.43. The summed E-state index contributed by atoms with van der Waals surface area (Å²) >= 11 is 0. The van der Waals surface area contributed by atoms with Crippen LogP contribution < -0.4 is 29.6 Å². The largest absolute Gasteiger partial charge is 1.00 e. The third-order valence-electron chi connectivity index (χ3n) is 0.772. The standard InChI is InChI=1S/C6H11O.Na/c1-3-5-6(7)4-2;/h3,6-7H,1-2,4-5H2;/q-1;+1. The van der Waals surface area contributed by atoms with Gasteiger partial charge in [0.2, 0.25) is 0 Å². The number of hydrogen-bond donors (Lipinski definition) is 1. The zero-order chi connectivity index (χ0) is 5.70. The van der Waals surface area contributed by atoms with Gasteiger partial charge in [-0.15, -0.1) is 6.58 Å². The van der Waals surface area contributed by atoms with Gasteiger partial charge >= 0.3 is 29.6 Å². The van der Waals surface area contributed by atoms with Crippen molar-refractivity contribution in [2.75, 3.05) is 0 Å². The van der Waals surface area contributed by atoms with Crippen LogP contribution in [0.15, 0.2) is 12.7 Å². The van der Waals surface area contributed by atoms with Crippen molar-refractivity contribution in [2.45, 2.75) is 18.9 Å². The second kappa shape index (κ2) is 7.70. The van der Waals surface area contributed by atoms with Crippen LogP contribution in [-0.2, 0) is 0 Å². The van der Waals surface area contributed by atoms with E-state index >= 15 is 0 Å². The van der Waals surface area contributed by atoms with E-state index in [2.05, 4.69) is 13.5 Å². The second-order valence-corrected chi connectivity index (χ2v) is 1.47. The average molecular weight is 122 g/mol. The van der Waals surface area contributed by atoms with Crippen LogP contribution >= 0.6 is 0 Å². The summed E-state index contributed by atoms with van der Waals surface area (Å²) in [6.45, 7) is 6.97. The molecule has 0 heterocycles. The summed E-state index contributed by atoms with van der Waals surface area (Å²) in [6, 6.07) is 0. The third kappa shape index (κ3) is 6.70. The normalized spacial score (nSPS) is 11.8. The maximum atomic E-state index is 8.72. The summed E-state index contributed by atoms with van der Waals surface area (Å²) in [5.74, 6) is 0. The van der Waals surface area contributed by atoms with Gasteiger partial charge in [0.1, 0.15) is 0 Å². The van der Waals surface area contributed by atoms with Gasteiger partial charge < -0.3 is 12.0 Å². The number of hydrogen-bond acceptors (Lipinski definition) is 1. The molecule has 0 amide bonds. The van der Waals surface area contributed by atoms with Gasteiger partial charge in [-0.1, -0.05) is 6.08 Å². The topological polar surface area (TPSA) is 20.2 Å². The van der Waals surface area contributed by atoms with Gasteiger partial charge in [0, 0.05) is 6.10 Å². The molecule has 1 N–H and O–H groups in total. The van der Waals surface area contributed by atoms with Crippen LogP contribution in [0.5, 0.6) is 0 Å². The minimum Gasteiger partial charge on any atom is -0.395 e. The first-order chi connectivity index (χ1) is 3.31. The fourth-order valence-corrected chi connectivity index (χ4v) is 0.310. The van der Waals surface area contributed by atoms with Crippen molar-refractivity contribution in [3.63, 3.8) is 0 Å². The molecule has 0 aromatic rings. The third-order valence-corrected chi connectivity index (χ3v) is 0.772. The molecule has 42 valence electrons. The average Bonchev–Trinajstić information content (AvgIpc) is 1.68. The number of aliphatic hydroxyl groups excluding tert-OH is 1. The molecular formula is C6H11NaO. The van der Waals surface area contributed by atoms with E-state index in [0.717, 1.165) is 0 Å². The van der Waals surface area contributed by atoms with Crippen molar-refractivity contribution >= 4 is 0 Å². The van der Waals surface area contributed by atoms with Crippen molar-refractivity contribution in [3.05, 3.63) is 19.6 Å². The van der Waals surface area contributed by atoms with E-state index in [-0.39, 0.29) is 35.7 Å². The maximum absolute atomic E-state index is 8.72. The Bertz CT molecular complexity index is 54.5. The molecule has 0 aliphatic rings. The minimum absolute atomic E-state index is 0. The first kappa shape index (κ1) is 11.5. The molecule has 0 fully saturated rings. The Labute approximate surface area is 73.1 Å². The van der Waals surface area contributed by atoms with Crippen molar-refractivity contribution in [2.24, 2.45) is 0 Å². The summed E-state index contributed by atoms with van der Waals surface area (Å²) in [4.78, 5) is 0. The molecule has 1 nitrogen and oxygen atoms in total. The molecule has 0 radical (unpaired) electrons. The quantitative estimate of drug-likeness (QED) is 0.265. The summed E-state index contributed by atoms with van der Waals surface area (Å²) in [7, 11) is 0. The smallest absolute Gasteiger partial charge is 0.395 e.